The molecule has 1 aliphatic carbocycles. The van der Waals surface area contributed by atoms with Gasteiger partial charge in [0.25, 0.3) is 0 Å². The monoisotopic (exact) mass is 394 g/mol. The summed E-state index contributed by atoms with van der Waals surface area (Å²) in [5, 5.41) is 3.64. The molecule has 4 atom stereocenters. The number of nitrogens with one attached hydrogen (secondary N) is 1. The van der Waals surface area contributed by atoms with Crippen LogP contribution in [0.3, 0.4) is 0 Å². The highest BCUT2D eigenvalue weighted by atomic mass is 16.5. The minimum absolute atomic E-state index is 0.244. The molecule has 152 valence electrons. The summed E-state index contributed by atoms with van der Waals surface area (Å²) in [6.45, 7) is 6.47. The molecule has 7 rings (SSSR count). The summed E-state index contributed by atoms with van der Waals surface area (Å²) in [5.74, 6) is 2.87. The summed E-state index contributed by atoms with van der Waals surface area (Å²) in [6.07, 6.45) is 5.78. The Labute approximate surface area is 169 Å². The minimum Gasteiger partial charge on any atom is -0.377 e. The van der Waals surface area contributed by atoms with Gasteiger partial charge in [-0.15, -0.1) is 0 Å². The van der Waals surface area contributed by atoms with Crippen molar-refractivity contribution in [2.45, 2.75) is 37.9 Å². The number of hydrogen-bond donors (Lipinski definition) is 2. The van der Waals surface area contributed by atoms with Crippen LogP contribution in [0.5, 0.6) is 0 Å². The Morgan fingerprint density at radius 3 is 2.76 bits per heavy atom. The molecule has 0 amide bonds. The molecule has 4 fully saturated rings. The number of hydrogen-bond acceptors (Lipinski definition) is 9. The molecule has 9 heteroatoms. The maximum absolute atomic E-state index is 5.72. The van der Waals surface area contributed by atoms with Crippen LogP contribution in [-0.4, -0.2) is 70.9 Å². The second-order valence-electron chi connectivity index (χ2n) is 8.57. The maximum atomic E-state index is 5.72. The van der Waals surface area contributed by atoms with Crippen LogP contribution >= 0.6 is 0 Å². The van der Waals surface area contributed by atoms with E-state index >= 15 is 0 Å². The van der Waals surface area contributed by atoms with Crippen molar-refractivity contribution in [2.24, 2.45) is 5.92 Å². The number of ether oxygens (including phenoxy) is 1. The van der Waals surface area contributed by atoms with Gasteiger partial charge in [0.05, 0.1) is 24.9 Å². The SMILES string of the molecule is C[C@H]1COCCN1c1nc(-c2cnc(N)nc2)c2c(n1)N([C@@H]1[C@H]3CN[C@@H]1C3)CC2. The number of anilines is 3. The van der Waals surface area contributed by atoms with E-state index in [9.17, 15) is 0 Å². The molecular formula is C20H26N8O. The van der Waals surface area contributed by atoms with E-state index in [-0.39, 0.29) is 12.0 Å². The summed E-state index contributed by atoms with van der Waals surface area (Å²) in [7, 11) is 0. The van der Waals surface area contributed by atoms with Crippen LogP contribution in [0.15, 0.2) is 12.4 Å². The third-order valence-electron chi connectivity index (χ3n) is 6.87. The van der Waals surface area contributed by atoms with Crippen molar-refractivity contribution in [1.82, 2.24) is 25.3 Å². The van der Waals surface area contributed by atoms with Crippen LogP contribution in [0.2, 0.25) is 0 Å². The Hall–Kier alpha value is -2.52. The lowest BCUT2D eigenvalue weighted by Crippen LogP contribution is -2.54. The lowest BCUT2D eigenvalue weighted by atomic mass is 9.79. The summed E-state index contributed by atoms with van der Waals surface area (Å²) in [6, 6.07) is 1.39. The highest BCUT2D eigenvalue weighted by Gasteiger charge is 2.51. The van der Waals surface area contributed by atoms with Gasteiger partial charge in [-0.25, -0.2) is 15.0 Å². The van der Waals surface area contributed by atoms with Gasteiger partial charge in [-0.3, -0.25) is 0 Å². The molecule has 3 saturated heterocycles. The zero-order valence-corrected chi connectivity index (χ0v) is 16.6. The van der Waals surface area contributed by atoms with Gasteiger partial charge in [0.15, 0.2) is 0 Å². The number of fused-ring (bicyclic) bond motifs is 2. The predicted octanol–water partition coefficient (Wildman–Crippen LogP) is 0.464. The zero-order chi connectivity index (χ0) is 19.5. The molecule has 1 saturated carbocycles. The Kier molecular flexibility index (Phi) is 3.89. The van der Waals surface area contributed by atoms with Crippen molar-refractivity contribution >= 4 is 17.7 Å². The molecule has 2 aromatic rings. The first-order valence-electron chi connectivity index (χ1n) is 10.5. The summed E-state index contributed by atoms with van der Waals surface area (Å²) < 4.78 is 5.63. The Morgan fingerprint density at radius 2 is 2.03 bits per heavy atom. The summed E-state index contributed by atoms with van der Waals surface area (Å²) in [4.78, 5) is 23.3. The first-order chi connectivity index (χ1) is 14.2. The van der Waals surface area contributed by atoms with Gasteiger partial charge in [-0.2, -0.15) is 4.98 Å². The first-order valence-corrected chi connectivity index (χ1v) is 10.5. The summed E-state index contributed by atoms with van der Waals surface area (Å²) in [5.41, 5.74) is 8.75. The molecule has 0 radical (unpaired) electrons. The molecular weight excluding hydrogens is 368 g/mol. The van der Waals surface area contributed by atoms with Gasteiger partial charge in [-0.1, -0.05) is 0 Å². The van der Waals surface area contributed by atoms with Gasteiger partial charge in [0.2, 0.25) is 11.9 Å². The fourth-order valence-corrected chi connectivity index (χ4v) is 5.33. The third-order valence-corrected chi connectivity index (χ3v) is 6.87. The first kappa shape index (κ1) is 17.3. The topological polar surface area (TPSA) is 105 Å². The minimum atomic E-state index is 0.244. The number of nitrogens with two attached hydrogens (primary N) is 1. The molecule has 0 aromatic carbocycles. The van der Waals surface area contributed by atoms with Crippen LogP contribution in [0.25, 0.3) is 11.3 Å². The lowest BCUT2D eigenvalue weighted by Gasteiger charge is -2.42. The van der Waals surface area contributed by atoms with Crippen molar-refractivity contribution in [3.63, 3.8) is 0 Å². The van der Waals surface area contributed by atoms with E-state index in [1.807, 2.05) is 0 Å². The van der Waals surface area contributed by atoms with E-state index < -0.39 is 0 Å². The normalized spacial score (nSPS) is 30.4. The fraction of sp³-hybridized carbons (Fsp3) is 0.600. The highest BCUT2D eigenvalue weighted by molar-refractivity contribution is 5.73. The van der Waals surface area contributed by atoms with Crippen LogP contribution in [0.1, 0.15) is 18.9 Å². The molecule has 3 N–H and O–H groups in total. The number of aromatic nitrogens is 4. The molecule has 0 unspecified atom stereocenters. The predicted molar refractivity (Wildman–Crippen MR) is 110 cm³/mol. The van der Waals surface area contributed by atoms with E-state index in [1.54, 1.807) is 12.4 Å². The van der Waals surface area contributed by atoms with Gasteiger partial charge in [0, 0.05) is 55.2 Å². The van der Waals surface area contributed by atoms with E-state index in [1.165, 1.54) is 12.0 Å². The van der Waals surface area contributed by atoms with E-state index in [0.717, 1.165) is 55.0 Å². The molecule has 2 bridgehead atoms. The van der Waals surface area contributed by atoms with Crippen molar-refractivity contribution in [3.8, 4) is 11.3 Å². The third kappa shape index (κ3) is 2.67. The molecule has 4 aliphatic heterocycles. The highest BCUT2D eigenvalue weighted by Crippen LogP contribution is 2.44. The van der Waals surface area contributed by atoms with Gasteiger partial charge < -0.3 is 25.6 Å². The quantitative estimate of drug-likeness (QED) is 0.768. The standard InChI is InChI=1S/C20H26N8O/c1-11-10-29-5-4-27(11)20-25-16(13-8-23-19(21)24-9-13)14-2-3-28(18(14)26-20)17-12-6-15(17)22-7-12/h8-9,11-12,15,17,22H,2-7,10H2,1H3,(H2,21,23,24)/t11-,12+,15+,17+/m0/s1. The largest absolute Gasteiger partial charge is 0.377 e. The van der Waals surface area contributed by atoms with E-state index in [2.05, 4.69) is 32.0 Å². The molecule has 29 heavy (non-hydrogen) atoms. The number of nitrogen functional groups attached to an aromatic ring is 1. The van der Waals surface area contributed by atoms with Crippen LogP contribution in [0.4, 0.5) is 17.7 Å². The van der Waals surface area contributed by atoms with Crippen molar-refractivity contribution in [2.75, 3.05) is 48.4 Å². The van der Waals surface area contributed by atoms with Gasteiger partial charge in [0.1, 0.15) is 5.82 Å². The summed E-state index contributed by atoms with van der Waals surface area (Å²) >= 11 is 0. The number of nitrogens with zero attached hydrogens (tertiary/aromatic N) is 6. The maximum Gasteiger partial charge on any atom is 0.228 e. The number of morpholine rings is 1. The van der Waals surface area contributed by atoms with Crippen LogP contribution in [0, 0.1) is 5.92 Å². The Balaban J connectivity index is 1.46. The molecule has 9 nitrogen and oxygen atoms in total. The van der Waals surface area contributed by atoms with E-state index in [4.69, 9.17) is 20.4 Å². The second-order valence-corrected chi connectivity index (χ2v) is 8.57. The van der Waals surface area contributed by atoms with Crippen molar-refractivity contribution in [3.05, 3.63) is 18.0 Å². The van der Waals surface area contributed by atoms with Gasteiger partial charge >= 0.3 is 0 Å². The van der Waals surface area contributed by atoms with Gasteiger partial charge in [-0.05, 0) is 25.7 Å². The van der Waals surface area contributed by atoms with Crippen molar-refractivity contribution in [1.29, 1.82) is 0 Å². The lowest BCUT2D eigenvalue weighted by molar-refractivity contribution is 0.0981. The van der Waals surface area contributed by atoms with Crippen LogP contribution < -0.4 is 20.9 Å². The fourth-order valence-electron chi connectivity index (χ4n) is 5.33. The molecule has 0 spiro atoms. The zero-order valence-electron chi connectivity index (χ0n) is 16.6. The van der Waals surface area contributed by atoms with Crippen LogP contribution in [-0.2, 0) is 11.2 Å². The Bertz CT molecular complexity index is 921. The average Bonchev–Trinajstić information content (AvgIpc) is 3.45. The number of rotatable bonds is 3. The Morgan fingerprint density at radius 1 is 1.17 bits per heavy atom. The molecule has 6 heterocycles. The van der Waals surface area contributed by atoms with E-state index in [0.29, 0.717) is 25.3 Å². The smallest absolute Gasteiger partial charge is 0.228 e. The van der Waals surface area contributed by atoms with Crippen molar-refractivity contribution < 1.29 is 4.74 Å². The second kappa shape index (κ2) is 6.50. The molecule has 5 aliphatic rings. The molecule has 2 aromatic heterocycles. The average molecular weight is 394 g/mol.